The zero-order valence-corrected chi connectivity index (χ0v) is 22.2. The second-order valence-corrected chi connectivity index (χ2v) is 9.05. The Bertz CT molecular complexity index is 1360. The van der Waals surface area contributed by atoms with E-state index in [4.69, 9.17) is 14.5 Å². The first-order valence-electron chi connectivity index (χ1n) is 13.0. The van der Waals surface area contributed by atoms with Gasteiger partial charge in [-0.25, -0.2) is 9.78 Å². The van der Waals surface area contributed by atoms with E-state index in [1.807, 2.05) is 49.4 Å². The number of esters is 1. The van der Waals surface area contributed by atoms with Gasteiger partial charge < -0.3 is 9.47 Å². The number of rotatable bonds is 10. The molecule has 36 heavy (non-hydrogen) atoms. The van der Waals surface area contributed by atoms with E-state index in [-0.39, 0.29) is 18.4 Å². The van der Waals surface area contributed by atoms with Gasteiger partial charge in [0, 0.05) is 16.8 Å². The molecular weight excluding hydrogens is 450 g/mol. The minimum Gasteiger partial charge on any atom is -0.475 e. The van der Waals surface area contributed by atoms with Crippen LogP contribution in [-0.4, -0.2) is 59.4 Å². The number of benzene rings is 3. The van der Waals surface area contributed by atoms with Crippen molar-refractivity contribution in [2.24, 2.45) is 0 Å². The molecule has 0 aliphatic rings. The van der Waals surface area contributed by atoms with Crippen molar-refractivity contribution < 1.29 is 14.3 Å². The molecule has 0 amide bonds. The van der Waals surface area contributed by atoms with E-state index in [1.165, 1.54) is 0 Å². The van der Waals surface area contributed by atoms with E-state index >= 15 is 0 Å². The lowest BCUT2D eigenvalue weighted by Gasteiger charge is -2.27. The van der Waals surface area contributed by atoms with Crippen molar-refractivity contribution >= 4 is 38.5 Å². The maximum atomic E-state index is 13.7. The second kappa shape index (κ2) is 11.2. The topological polar surface area (TPSA) is 54.9 Å². The third-order valence-corrected chi connectivity index (χ3v) is 7.05. The number of aromatic nitrogens is 1. The summed E-state index contributed by atoms with van der Waals surface area (Å²) >= 11 is 0. The SMILES string of the molecule is CCN(CC)C(C)OC(=O)c1c2ccc(OC(C)N(CC)CC)cc2nc2cc3ccccc3cc12. The summed E-state index contributed by atoms with van der Waals surface area (Å²) < 4.78 is 12.2. The van der Waals surface area contributed by atoms with Crippen LogP contribution < -0.4 is 4.74 Å². The lowest BCUT2D eigenvalue weighted by molar-refractivity contribution is -0.0193. The highest BCUT2D eigenvalue weighted by Crippen LogP contribution is 2.32. The molecule has 4 rings (SSSR count). The molecule has 0 spiro atoms. The molecule has 1 heterocycles. The van der Waals surface area contributed by atoms with Crippen molar-refractivity contribution in [3.05, 3.63) is 60.2 Å². The Morgan fingerprint density at radius 1 is 0.778 bits per heavy atom. The molecule has 190 valence electrons. The molecule has 0 aliphatic heterocycles. The van der Waals surface area contributed by atoms with E-state index in [2.05, 4.69) is 56.6 Å². The van der Waals surface area contributed by atoms with Gasteiger partial charge >= 0.3 is 5.97 Å². The largest absolute Gasteiger partial charge is 0.475 e. The quantitative estimate of drug-likeness (QED) is 0.146. The Morgan fingerprint density at radius 3 is 2.00 bits per heavy atom. The predicted molar refractivity (Wildman–Crippen MR) is 148 cm³/mol. The van der Waals surface area contributed by atoms with Crippen LogP contribution in [0, 0.1) is 0 Å². The van der Waals surface area contributed by atoms with Gasteiger partial charge in [0.15, 0.2) is 6.23 Å². The summed E-state index contributed by atoms with van der Waals surface area (Å²) in [4.78, 5) is 23.0. The van der Waals surface area contributed by atoms with Crippen molar-refractivity contribution in [1.29, 1.82) is 0 Å². The lowest BCUT2D eigenvalue weighted by atomic mass is 9.99. The van der Waals surface area contributed by atoms with Gasteiger partial charge in [0.25, 0.3) is 0 Å². The fraction of sp³-hybridized carbons (Fsp3) is 0.400. The van der Waals surface area contributed by atoms with Gasteiger partial charge in [-0.05, 0) is 75.1 Å². The van der Waals surface area contributed by atoms with Crippen LogP contribution >= 0.6 is 0 Å². The molecule has 0 N–H and O–H groups in total. The summed E-state index contributed by atoms with van der Waals surface area (Å²) in [5.74, 6) is 0.387. The number of carbonyl (C=O) groups excluding carboxylic acids is 1. The summed E-state index contributed by atoms with van der Waals surface area (Å²) in [7, 11) is 0. The van der Waals surface area contributed by atoms with Crippen LogP contribution in [-0.2, 0) is 4.74 Å². The van der Waals surface area contributed by atoms with Gasteiger partial charge in [-0.1, -0.05) is 52.0 Å². The van der Waals surface area contributed by atoms with Crippen molar-refractivity contribution in [3.63, 3.8) is 0 Å². The van der Waals surface area contributed by atoms with Crippen LogP contribution in [0.15, 0.2) is 54.6 Å². The van der Waals surface area contributed by atoms with Crippen molar-refractivity contribution in [2.45, 2.75) is 54.0 Å². The summed E-state index contributed by atoms with van der Waals surface area (Å²) in [5.41, 5.74) is 2.02. The standard InChI is InChI=1S/C30H37N3O3/c1-7-32(8-2)20(5)35-24-15-16-25-28(19-24)31-27-18-23-14-12-11-13-22(23)17-26(27)29(25)30(34)36-21(6)33(9-3)10-4/h11-21H,7-10H2,1-6H3. The molecule has 6 heteroatoms. The minimum atomic E-state index is -0.341. The Labute approximate surface area is 213 Å². The fourth-order valence-corrected chi connectivity index (χ4v) is 4.94. The number of hydrogen-bond donors (Lipinski definition) is 0. The molecule has 2 atom stereocenters. The predicted octanol–water partition coefficient (Wildman–Crippen LogP) is 6.45. The smallest absolute Gasteiger partial charge is 0.341 e. The molecule has 0 saturated carbocycles. The maximum Gasteiger partial charge on any atom is 0.341 e. The van der Waals surface area contributed by atoms with Gasteiger partial charge in [-0.3, -0.25) is 9.80 Å². The average molecular weight is 488 g/mol. The van der Waals surface area contributed by atoms with Gasteiger partial charge in [0.1, 0.15) is 12.0 Å². The van der Waals surface area contributed by atoms with E-state index in [0.717, 1.165) is 59.0 Å². The van der Waals surface area contributed by atoms with Crippen molar-refractivity contribution in [1.82, 2.24) is 14.8 Å². The number of carbonyl (C=O) groups is 1. The van der Waals surface area contributed by atoms with Gasteiger partial charge in [-0.2, -0.15) is 0 Å². The molecular formula is C30H37N3O3. The Balaban J connectivity index is 1.85. The Morgan fingerprint density at radius 2 is 1.36 bits per heavy atom. The number of fused-ring (bicyclic) bond motifs is 3. The number of hydrogen-bond acceptors (Lipinski definition) is 6. The summed E-state index contributed by atoms with van der Waals surface area (Å²) in [6, 6.07) is 18.0. The average Bonchev–Trinajstić information content (AvgIpc) is 2.87. The zero-order valence-electron chi connectivity index (χ0n) is 22.2. The number of nitrogens with zero attached hydrogens (tertiary/aromatic N) is 3. The Kier molecular flexibility index (Phi) is 8.07. The van der Waals surface area contributed by atoms with Gasteiger partial charge in [0.05, 0.1) is 16.6 Å². The van der Waals surface area contributed by atoms with Crippen molar-refractivity contribution in [2.75, 3.05) is 26.2 Å². The van der Waals surface area contributed by atoms with Crippen LogP contribution in [0.1, 0.15) is 51.9 Å². The highest BCUT2D eigenvalue weighted by atomic mass is 16.6. The van der Waals surface area contributed by atoms with E-state index < -0.39 is 0 Å². The van der Waals surface area contributed by atoms with Crippen LogP contribution in [0.3, 0.4) is 0 Å². The first-order chi connectivity index (χ1) is 17.4. The Hall–Kier alpha value is -3.22. The first-order valence-corrected chi connectivity index (χ1v) is 13.0. The molecule has 6 nitrogen and oxygen atoms in total. The molecule has 0 fully saturated rings. The van der Waals surface area contributed by atoms with Crippen molar-refractivity contribution in [3.8, 4) is 5.75 Å². The fourth-order valence-electron chi connectivity index (χ4n) is 4.94. The monoisotopic (exact) mass is 487 g/mol. The molecule has 0 saturated heterocycles. The molecule has 0 bridgehead atoms. The third kappa shape index (κ3) is 5.15. The molecule has 0 aliphatic carbocycles. The number of ether oxygens (including phenoxy) is 2. The van der Waals surface area contributed by atoms with Crippen LogP contribution in [0.2, 0.25) is 0 Å². The molecule has 0 radical (unpaired) electrons. The minimum absolute atomic E-state index is 0.0683. The van der Waals surface area contributed by atoms with E-state index in [1.54, 1.807) is 0 Å². The van der Waals surface area contributed by atoms with Crippen LogP contribution in [0.5, 0.6) is 5.75 Å². The second-order valence-electron chi connectivity index (χ2n) is 9.05. The molecule has 2 unspecified atom stereocenters. The zero-order chi connectivity index (χ0) is 25.8. The first kappa shape index (κ1) is 25.9. The van der Waals surface area contributed by atoms with E-state index in [0.29, 0.717) is 11.1 Å². The normalized spacial score (nSPS) is 13.6. The maximum absolute atomic E-state index is 13.7. The van der Waals surface area contributed by atoms with Gasteiger partial charge in [0.2, 0.25) is 0 Å². The molecule has 1 aromatic heterocycles. The molecule has 3 aromatic carbocycles. The summed E-state index contributed by atoms with van der Waals surface area (Å²) in [6.45, 7) is 15.8. The number of pyridine rings is 1. The van der Waals surface area contributed by atoms with Gasteiger partial charge in [-0.15, -0.1) is 0 Å². The van der Waals surface area contributed by atoms with Crippen LogP contribution in [0.4, 0.5) is 0 Å². The highest BCUT2D eigenvalue weighted by molar-refractivity contribution is 6.16. The summed E-state index contributed by atoms with van der Waals surface area (Å²) in [5, 5.41) is 3.70. The van der Waals surface area contributed by atoms with Crippen LogP contribution in [0.25, 0.3) is 32.6 Å². The molecule has 4 aromatic rings. The van der Waals surface area contributed by atoms with E-state index in [9.17, 15) is 4.79 Å². The summed E-state index contributed by atoms with van der Waals surface area (Å²) in [6.07, 6.45) is -0.398. The highest BCUT2D eigenvalue weighted by Gasteiger charge is 2.23. The third-order valence-electron chi connectivity index (χ3n) is 7.05. The lowest BCUT2D eigenvalue weighted by Crippen LogP contribution is -2.36.